The van der Waals surface area contributed by atoms with Gasteiger partial charge in [-0.15, -0.1) is 0 Å². The first kappa shape index (κ1) is 20.9. The van der Waals surface area contributed by atoms with Crippen LogP contribution in [0.4, 0.5) is 11.5 Å². The van der Waals surface area contributed by atoms with E-state index in [1.54, 1.807) is 42.1 Å². The molecule has 0 spiro atoms. The fourth-order valence-electron chi connectivity index (χ4n) is 2.49. The van der Waals surface area contributed by atoms with Crippen LogP contribution in [0.2, 0.25) is 0 Å². The lowest BCUT2D eigenvalue weighted by molar-refractivity contribution is -0.115. The van der Waals surface area contributed by atoms with Crippen molar-refractivity contribution >= 4 is 39.2 Å². The smallest absolute Gasteiger partial charge is 0.263 e. The Bertz CT molecular complexity index is 1030. The van der Waals surface area contributed by atoms with Crippen LogP contribution in [0.5, 0.6) is 0 Å². The first-order chi connectivity index (χ1) is 14.0. The monoisotopic (exact) mass is 427 g/mol. The molecule has 3 rings (SSSR count). The molecule has 6 nitrogen and oxygen atoms in total. The van der Waals surface area contributed by atoms with Crippen LogP contribution < -0.4 is 10.0 Å². The van der Waals surface area contributed by atoms with Crippen LogP contribution in [0, 0.1) is 0 Å². The minimum absolute atomic E-state index is 0.0968. The summed E-state index contributed by atoms with van der Waals surface area (Å²) in [6.45, 7) is 0. The lowest BCUT2D eigenvalue weighted by Gasteiger charge is -2.09. The molecule has 0 saturated heterocycles. The Morgan fingerprint density at radius 3 is 2.34 bits per heavy atom. The Kier molecular flexibility index (Phi) is 7.26. The summed E-state index contributed by atoms with van der Waals surface area (Å²) >= 11 is 1.70. The van der Waals surface area contributed by atoms with Crippen molar-refractivity contribution in [2.45, 2.75) is 17.1 Å². The molecule has 2 aromatic carbocycles. The number of nitrogens with zero attached hydrogens (tertiary/aromatic N) is 1. The van der Waals surface area contributed by atoms with Crippen molar-refractivity contribution in [3.63, 3.8) is 0 Å². The van der Waals surface area contributed by atoms with Crippen LogP contribution in [-0.2, 0) is 20.6 Å². The molecule has 0 aliphatic carbocycles. The first-order valence-corrected chi connectivity index (χ1v) is 11.6. The zero-order valence-electron chi connectivity index (χ0n) is 15.6. The third-order valence-electron chi connectivity index (χ3n) is 3.94. The number of sulfonamides is 1. The van der Waals surface area contributed by atoms with Gasteiger partial charge >= 0.3 is 0 Å². The summed E-state index contributed by atoms with van der Waals surface area (Å²) < 4.78 is 27.2. The second kappa shape index (κ2) is 10.1. The van der Waals surface area contributed by atoms with Crippen molar-refractivity contribution < 1.29 is 13.2 Å². The normalized spacial score (nSPS) is 11.0. The van der Waals surface area contributed by atoms with Gasteiger partial charge in [0.25, 0.3) is 10.0 Å². The number of thioether (sulfide) groups is 1. The van der Waals surface area contributed by atoms with Crippen LogP contribution in [0.25, 0.3) is 0 Å². The maximum atomic E-state index is 12.4. The molecule has 8 heteroatoms. The molecule has 0 unspecified atom stereocenters. The molecule has 0 aliphatic rings. The molecule has 2 N–H and O–H groups in total. The number of benzene rings is 2. The molecule has 1 heterocycles. The van der Waals surface area contributed by atoms with Crippen molar-refractivity contribution in [1.29, 1.82) is 0 Å². The molecule has 29 heavy (non-hydrogen) atoms. The second-order valence-corrected chi connectivity index (χ2v) is 8.97. The largest absolute Gasteiger partial charge is 0.326 e. The van der Waals surface area contributed by atoms with Gasteiger partial charge < -0.3 is 5.32 Å². The van der Waals surface area contributed by atoms with Gasteiger partial charge in [0.05, 0.1) is 4.90 Å². The molecule has 0 fully saturated rings. The Balaban J connectivity index is 1.47. The number of hydrogen-bond donors (Lipinski definition) is 2. The van der Waals surface area contributed by atoms with Gasteiger partial charge in [0, 0.05) is 29.8 Å². The molecule has 0 atom stereocenters. The molecule has 3 aromatic rings. The van der Waals surface area contributed by atoms with E-state index in [1.165, 1.54) is 23.9 Å². The summed E-state index contributed by atoms with van der Waals surface area (Å²) in [6, 6.07) is 21.1. The highest BCUT2D eigenvalue weighted by Crippen LogP contribution is 2.18. The maximum absolute atomic E-state index is 12.4. The second-order valence-electron chi connectivity index (χ2n) is 6.18. The van der Waals surface area contributed by atoms with E-state index in [1.807, 2.05) is 18.2 Å². The summed E-state index contributed by atoms with van der Waals surface area (Å²) in [7, 11) is -3.73. The number of hydrogen-bond acceptors (Lipinski definition) is 5. The minimum Gasteiger partial charge on any atom is -0.326 e. The van der Waals surface area contributed by atoms with Crippen LogP contribution >= 0.6 is 11.8 Å². The van der Waals surface area contributed by atoms with Gasteiger partial charge in [-0.25, -0.2) is 13.4 Å². The zero-order valence-corrected chi connectivity index (χ0v) is 17.2. The lowest BCUT2D eigenvalue weighted by atomic mass is 10.2. The number of pyridine rings is 1. The van der Waals surface area contributed by atoms with Crippen molar-refractivity contribution in [1.82, 2.24) is 4.98 Å². The molecule has 150 valence electrons. The van der Waals surface area contributed by atoms with Crippen molar-refractivity contribution in [3.05, 3.63) is 84.6 Å². The van der Waals surface area contributed by atoms with E-state index in [-0.39, 0.29) is 16.6 Å². The number of carbonyl (C=O) groups is 1. The molecular weight excluding hydrogens is 406 g/mol. The average Bonchev–Trinajstić information content (AvgIpc) is 2.73. The molecule has 0 radical (unpaired) electrons. The Hall–Kier alpha value is -2.84. The van der Waals surface area contributed by atoms with E-state index in [0.29, 0.717) is 17.9 Å². The van der Waals surface area contributed by atoms with Gasteiger partial charge in [0.15, 0.2) is 0 Å². The van der Waals surface area contributed by atoms with Gasteiger partial charge in [0.2, 0.25) is 5.91 Å². The summed E-state index contributed by atoms with van der Waals surface area (Å²) in [4.78, 5) is 16.1. The number of rotatable bonds is 9. The van der Waals surface area contributed by atoms with Gasteiger partial charge in [0.1, 0.15) is 5.82 Å². The maximum Gasteiger partial charge on any atom is 0.263 e. The van der Waals surface area contributed by atoms with Crippen LogP contribution in [-0.4, -0.2) is 25.1 Å². The summed E-state index contributed by atoms with van der Waals surface area (Å²) in [5.74, 6) is 1.72. The third-order valence-corrected chi connectivity index (χ3v) is 6.34. The predicted octanol–water partition coefficient (Wildman–Crippen LogP) is 4.14. The van der Waals surface area contributed by atoms with Crippen molar-refractivity contribution in [3.8, 4) is 0 Å². The number of aromatic nitrogens is 1. The Labute approximate surface area is 174 Å². The summed E-state index contributed by atoms with van der Waals surface area (Å²) in [5, 5.41) is 2.79. The standard InChI is InChI=1S/C21H21N3O3S2/c25-21(13-15-28-16-17-6-2-1-3-7-17)23-18-9-11-19(12-10-18)29(26,27)24-20-8-4-5-14-22-20/h1-12,14H,13,15-16H2,(H,22,24)(H,23,25). The van der Waals surface area contributed by atoms with E-state index in [2.05, 4.69) is 27.2 Å². The highest BCUT2D eigenvalue weighted by atomic mass is 32.2. The number of carbonyl (C=O) groups excluding carboxylic acids is 1. The summed E-state index contributed by atoms with van der Waals surface area (Å²) in [5.41, 5.74) is 1.79. The zero-order chi connectivity index (χ0) is 20.5. The Morgan fingerprint density at radius 1 is 0.931 bits per heavy atom. The first-order valence-electron chi connectivity index (χ1n) is 8.98. The SMILES string of the molecule is O=C(CCSCc1ccccc1)Nc1ccc(S(=O)(=O)Nc2ccccn2)cc1. The topological polar surface area (TPSA) is 88.2 Å². The summed E-state index contributed by atoms with van der Waals surface area (Å²) in [6.07, 6.45) is 1.90. The van der Waals surface area contributed by atoms with E-state index < -0.39 is 10.0 Å². The molecule has 1 amide bonds. The average molecular weight is 428 g/mol. The molecular formula is C21H21N3O3S2. The van der Waals surface area contributed by atoms with Gasteiger partial charge in [-0.1, -0.05) is 36.4 Å². The fourth-order valence-corrected chi connectivity index (χ4v) is 4.40. The van der Waals surface area contributed by atoms with Crippen molar-refractivity contribution in [2.75, 3.05) is 15.8 Å². The van der Waals surface area contributed by atoms with Crippen LogP contribution in [0.3, 0.4) is 0 Å². The molecule has 0 saturated carbocycles. The predicted molar refractivity (Wildman–Crippen MR) is 117 cm³/mol. The molecule has 0 bridgehead atoms. The van der Waals surface area contributed by atoms with Crippen LogP contribution in [0.15, 0.2) is 83.9 Å². The quantitative estimate of drug-likeness (QED) is 0.501. The molecule has 1 aromatic heterocycles. The third kappa shape index (κ3) is 6.62. The van der Waals surface area contributed by atoms with Gasteiger partial charge in [-0.2, -0.15) is 11.8 Å². The highest BCUT2D eigenvalue weighted by molar-refractivity contribution is 7.98. The van der Waals surface area contributed by atoms with E-state index >= 15 is 0 Å². The van der Waals surface area contributed by atoms with E-state index in [0.717, 1.165) is 5.75 Å². The fraction of sp³-hybridized carbons (Fsp3) is 0.143. The Morgan fingerprint density at radius 2 is 1.66 bits per heavy atom. The van der Waals surface area contributed by atoms with E-state index in [9.17, 15) is 13.2 Å². The molecule has 0 aliphatic heterocycles. The number of amides is 1. The van der Waals surface area contributed by atoms with Gasteiger partial charge in [-0.05, 0) is 42.0 Å². The van der Waals surface area contributed by atoms with Crippen molar-refractivity contribution in [2.24, 2.45) is 0 Å². The van der Waals surface area contributed by atoms with Crippen LogP contribution in [0.1, 0.15) is 12.0 Å². The minimum atomic E-state index is -3.73. The number of anilines is 2. The number of nitrogens with one attached hydrogen (secondary N) is 2. The van der Waals surface area contributed by atoms with Gasteiger partial charge in [-0.3, -0.25) is 9.52 Å². The lowest BCUT2D eigenvalue weighted by Crippen LogP contribution is -2.15. The van der Waals surface area contributed by atoms with E-state index in [4.69, 9.17) is 0 Å². The highest BCUT2D eigenvalue weighted by Gasteiger charge is 2.14.